The highest BCUT2D eigenvalue weighted by atomic mass is 16.5. The monoisotopic (exact) mass is 366 g/mol. The molecule has 0 fully saturated rings. The highest BCUT2D eigenvalue weighted by Gasteiger charge is 2.39. The van der Waals surface area contributed by atoms with Crippen LogP contribution in [-0.4, -0.2) is 17.9 Å². The maximum atomic E-state index is 13.1. The minimum Gasteiger partial charge on any atom is -0.491 e. The van der Waals surface area contributed by atoms with Crippen molar-refractivity contribution in [3.63, 3.8) is 0 Å². The van der Waals surface area contributed by atoms with Gasteiger partial charge in [0.1, 0.15) is 11.8 Å². The van der Waals surface area contributed by atoms with Crippen LogP contribution >= 0.6 is 0 Å². The van der Waals surface area contributed by atoms with Gasteiger partial charge in [-0.1, -0.05) is 24.3 Å². The summed E-state index contributed by atoms with van der Waals surface area (Å²) in [6, 6.07) is 11.2. The fourth-order valence-corrected chi connectivity index (χ4v) is 3.55. The molecule has 0 saturated heterocycles. The van der Waals surface area contributed by atoms with E-state index in [4.69, 9.17) is 4.74 Å². The zero-order valence-electron chi connectivity index (χ0n) is 16.5. The van der Waals surface area contributed by atoms with E-state index in [-0.39, 0.29) is 17.9 Å². The van der Waals surface area contributed by atoms with Crippen LogP contribution < -0.4 is 15.0 Å². The van der Waals surface area contributed by atoms with Gasteiger partial charge in [-0.05, 0) is 56.5 Å². The van der Waals surface area contributed by atoms with Gasteiger partial charge in [-0.3, -0.25) is 9.59 Å². The molecule has 5 nitrogen and oxygen atoms in total. The Balaban J connectivity index is 1.93. The molecule has 3 rings (SSSR count). The van der Waals surface area contributed by atoms with Crippen LogP contribution in [0.1, 0.15) is 49.1 Å². The van der Waals surface area contributed by atoms with Crippen LogP contribution in [0.5, 0.6) is 5.75 Å². The first kappa shape index (κ1) is 19.0. The largest absolute Gasteiger partial charge is 0.491 e. The molecule has 1 heterocycles. The minimum atomic E-state index is -0.624. The molecular weight excluding hydrogens is 340 g/mol. The molecular formula is C22H26N2O3. The Morgan fingerprint density at radius 1 is 1.11 bits per heavy atom. The number of benzene rings is 2. The third-order valence-electron chi connectivity index (χ3n) is 4.69. The van der Waals surface area contributed by atoms with Gasteiger partial charge in [0.25, 0.3) is 5.91 Å². The molecule has 0 unspecified atom stereocenters. The Bertz CT molecular complexity index is 872. The molecule has 0 saturated carbocycles. The van der Waals surface area contributed by atoms with Gasteiger partial charge in [0.2, 0.25) is 5.91 Å². The SMILES string of the molecule is CC(=O)N[C@@H]1C(=O)N(Cc2ccc(OC(C)C)cc2)c2c(C)ccc(C)c21. The number of anilines is 1. The Morgan fingerprint density at radius 2 is 1.74 bits per heavy atom. The molecule has 1 aliphatic rings. The van der Waals surface area contributed by atoms with Crippen LogP contribution in [0.4, 0.5) is 5.69 Å². The molecule has 0 aromatic heterocycles. The second kappa shape index (κ2) is 7.43. The summed E-state index contributed by atoms with van der Waals surface area (Å²) in [7, 11) is 0. The summed E-state index contributed by atoms with van der Waals surface area (Å²) in [6.07, 6.45) is 0.118. The van der Waals surface area contributed by atoms with Crippen molar-refractivity contribution in [3.05, 3.63) is 58.7 Å². The number of hydrogen-bond acceptors (Lipinski definition) is 3. The number of nitrogens with one attached hydrogen (secondary N) is 1. The lowest BCUT2D eigenvalue weighted by Gasteiger charge is -2.20. The number of ether oxygens (including phenoxy) is 1. The van der Waals surface area contributed by atoms with Crippen LogP contribution in [0.15, 0.2) is 36.4 Å². The predicted octanol–water partition coefficient (Wildman–Crippen LogP) is 3.81. The van der Waals surface area contributed by atoms with Crippen LogP contribution in [-0.2, 0) is 16.1 Å². The van der Waals surface area contributed by atoms with Crippen LogP contribution in [0.3, 0.4) is 0 Å². The van der Waals surface area contributed by atoms with E-state index in [1.807, 2.05) is 64.1 Å². The first-order valence-corrected chi connectivity index (χ1v) is 9.22. The molecule has 0 bridgehead atoms. The Morgan fingerprint density at radius 3 is 2.33 bits per heavy atom. The van der Waals surface area contributed by atoms with Gasteiger partial charge in [0, 0.05) is 12.5 Å². The molecule has 0 aliphatic carbocycles. The standard InChI is InChI=1S/C22H26N2O3/c1-13(2)27-18-10-8-17(9-11-18)12-24-21-15(4)7-6-14(3)19(21)20(22(24)26)23-16(5)25/h6-11,13,20H,12H2,1-5H3,(H,23,25)/t20-/m0/s1. The summed E-state index contributed by atoms with van der Waals surface area (Å²) in [5, 5.41) is 2.81. The van der Waals surface area contributed by atoms with E-state index in [0.717, 1.165) is 33.7 Å². The van der Waals surface area contributed by atoms with Crippen molar-refractivity contribution >= 4 is 17.5 Å². The van der Waals surface area contributed by atoms with Crippen molar-refractivity contribution < 1.29 is 14.3 Å². The number of nitrogens with zero attached hydrogens (tertiary/aromatic N) is 1. The Hall–Kier alpha value is -2.82. The van der Waals surface area contributed by atoms with Crippen molar-refractivity contribution in [1.29, 1.82) is 0 Å². The van der Waals surface area contributed by atoms with E-state index in [1.165, 1.54) is 6.92 Å². The molecule has 2 aromatic carbocycles. The normalized spacial score (nSPS) is 15.9. The summed E-state index contributed by atoms with van der Waals surface area (Å²) in [5.41, 5.74) is 4.84. The molecule has 2 amide bonds. The van der Waals surface area contributed by atoms with E-state index in [2.05, 4.69) is 5.32 Å². The number of amides is 2. The summed E-state index contributed by atoms with van der Waals surface area (Å²) in [5.74, 6) is 0.502. The lowest BCUT2D eigenvalue weighted by atomic mass is 9.99. The zero-order chi connectivity index (χ0) is 19.7. The third-order valence-corrected chi connectivity index (χ3v) is 4.69. The van der Waals surface area contributed by atoms with Gasteiger partial charge in [0.05, 0.1) is 18.3 Å². The first-order valence-electron chi connectivity index (χ1n) is 9.22. The maximum absolute atomic E-state index is 13.1. The minimum absolute atomic E-state index is 0.0971. The smallest absolute Gasteiger partial charge is 0.254 e. The van der Waals surface area contributed by atoms with Gasteiger partial charge >= 0.3 is 0 Å². The van der Waals surface area contributed by atoms with E-state index >= 15 is 0 Å². The fourth-order valence-electron chi connectivity index (χ4n) is 3.55. The first-order chi connectivity index (χ1) is 12.8. The van der Waals surface area contributed by atoms with E-state index in [9.17, 15) is 9.59 Å². The quantitative estimate of drug-likeness (QED) is 0.875. The Labute approximate surface area is 160 Å². The zero-order valence-corrected chi connectivity index (χ0v) is 16.5. The molecule has 142 valence electrons. The topological polar surface area (TPSA) is 58.6 Å². The number of hydrogen-bond donors (Lipinski definition) is 1. The van der Waals surface area contributed by atoms with Crippen molar-refractivity contribution in [1.82, 2.24) is 5.32 Å². The second-order valence-electron chi connectivity index (χ2n) is 7.33. The van der Waals surface area contributed by atoms with Gasteiger partial charge in [-0.25, -0.2) is 0 Å². The van der Waals surface area contributed by atoms with Crippen molar-refractivity contribution in [2.24, 2.45) is 0 Å². The van der Waals surface area contributed by atoms with Gasteiger partial charge < -0.3 is 15.0 Å². The summed E-state index contributed by atoms with van der Waals surface area (Å²) >= 11 is 0. The number of aryl methyl sites for hydroxylation is 2. The lowest BCUT2D eigenvalue weighted by molar-refractivity contribution is -0.126. The average molecular weight is 366 g/mol. The fraction of sp³-hybridized carbons (Fsp3) is 0.364. The number of carbonyl (C=O) groups excluding carboxylic acids is 2. The van der Waals surface area contributed by atoms with E-state index in [0.29, 0.717) is 6.54 Å². The van der Waals surface area contributed by atoms with Gasteiger partial charge in [-0.15, -0.1) is 0 Å². The summed E-state index contributed by atoms with van der Waals surface area (Å²) in [6.45, 7) is 9.83. The van der Waals surface area contributed by atoms with Crippen molar-refractivity contribution in [3.8, 4) is 5.75 Å². The number of carbonyl (C=O) groups is 2. The molecule has 0 radical (unpaired) electrons. The molecule has 2 aromatic rings. The summed E-state index contributed by atoms with van der Waals surface area (Å²) < 4.78 is 5.68. The van der Waals surface area contributed by atoms with Gasteiger partial charge in [0.15, 0.2) is 0 Å². The lowest BCUT2D eigenvalue weighted by Crippen LogP contribution is -2.36. The third kappa shape index (κ3) is 3.82. The number of rotatable bonds is 5. The van der Waals surface area contributed by atoms with Crippen LogP contribution in [0, 0.1) is 13.8 Å². The van der Waals surface area contributed by atoms with E-state index in [1.54, 1.807) is 4.90 Å². The molecule has 1 N–H and O–H groups in total. The van der Waals surface area contributed by atoms with Crippen LogP contribution in [0.25, 0.3) is 0 Å². The second-order valence-corrected chi connectivity index (χ2v) is 7.33. The molecule has 27 heavy (non-hydrogen) atoms. The number of fused-ring (bicyclic) bond motifs is 1. The predicted molar refractivity (Wildman–Crippen MR) is 106 cm³/mol. The summed E-state index contributed by atoms with van der Waals surface area (Å²) in [4.78, 5) is 26.5. The molecule has 0 spiro atoms. The highest BCUT2D eigenvalue weighted by molar-refractivity contribution is 6.07. The van der Waals surface area contributed by atoms with Crippen molar-refractivity contribution in [2.75, 3.05) is 4.90 Å². The average Bonchev–Trinajstić information content (AvgIpc) is 2.86. The van der Waals surface area contributed by atoms with Crippen molar-refractivity contribution in [2.45, 2.75) is 53.3 Å². The molecule has 1 aliphatic heterocycles. The van der Waals surface area contributed by atoms with Crippen LogP contribution in [0.2, 0.25) is 0 Å². The highest BCUT2D eigenvalue weighted by Crippen LogP contribution is 2.41. The Kier molecular flexibility index (Phi) is 5.22. The van der Waals surface area contributed by atoms with E-state index < -0.39 is 6.04 Å². The van der Waals surface area contributed by atoms with Gasteiger partial charge in [-0.2, -0.15) is 0 Å². The molecule has 1 atom stereocenters. The maximum Gasteiger partial charge on any atom is 0.254 e. The molecule has 5 heteroatoms.